The Bertz CT molecular complexity index is 669. The molecule has 2 aromatic rings. The van der Waals surface area contributed by atoms with Gasteiger partial charge in [-0.05, 0) is 79.4 Å². The summed E-state index contributed by atoms with van der Waals surface area (Å²) in [6.07, 6.45) is 3.69. The first-order valence-electron chi connectivity index (χ1n) is 7.91. The van der Waals surface area contributed by atoms with Gasteiger partial charge >= 0.3 is 0 Å². The molecule has 4 nitrogen and oxygen atoms in total. The maximum atomic E-state index is 5.59. The summed E-state index contributed by atoms with van der Waals surface area (Å²) in [7, 11) is 2.25. The van der Waals surface area contributed by atoms with E-state index in [0.717, 1.165) is 11.7 Å². The van der Waals surface area contributed by atoms with Crippen LogP contribution in [0.15, 0.2) is 28.8 Å². The number of aryl methyl sites for hydroxylation is 1. The molecule has 1 aromatic heterocycles. The van der Waals surface area contributed by atoms with E-state index < -0.39 is 0 Å². The van der Waals surface area contributed by atoms with Gasteiger partial charge in [0.2, 0.25) is 5.89 Å². The second-order valence-corrected chi connectivity index (χ2v) is 7.81. The van der Waals surface area contributed by atoms with Crippen LogP contribution in [-0.2, 0) is 0 Å². The lowest BCUT2D eigenvalue weighted by Gasteiger charge is -2.41. The standard InChI is InChI=1S/C17H20IN3O/c1-10-19-17(22-20-10)16-14(11-3-5-12(18)6-4-11)9-13-7-8-15(16)21(13)2/h3-6,13-16H,7-9H2,1-2H3/t13-,14+,15+,16+/m0/s1. The van der Waals surface area contributed by atoms with Crippen LogP contribution in [0.2, 0.25) is 0 Å². The monoisotopic (exact) mass is 409 g/mol. The fraction of sp³-hybridized carbons (Fsp3) is 0.529. The fourth-order valence-electron chi connectivity index (χ4n) is 4.30. The Morgan fingerprint density at radius 2 is 2.00 bits per heavy atom. The molecule has 2 fully saturated rings. The number of likely N-dealkylation sites (N-methyl/N-ethyl adjacent to an activating group) is 1. The van der Waals surface area contributed by atoms with Crippen LogP contribution in [-0.4, -0.2) is 34.2 Å². The van der Waals surface area contributed by atoms with Gasteiger partial charge < -0.3 is 4.52 Å². The highest BCUT2D eigenvalue weighted by Crippen LogP contribution is 2.50. The molecule has 4 atom stereocenters. The molecule has 2 saturated heterocycles. The topological polar surface area (TPSA) is 42.2 Å². The second-order valence-electron chi connectivity index (χ2n) is 6.56. The molecule has 22 heavy (non-hydrogen) atoms. The molecule has 0 radical (unpaired) electrons. The fourth-order valence-corrected chi connectivity index (χ4v) is 4.66. The van der Waals surface area contributed by atoms with Gasteiger partial charge in [0.15, 0.2) is 5.82 Å². The molecule has 0 N–H and O–H groups in total. The summed E-state index contributed by atoms with van der Waals surface area (Å²) >= 11 is 2.36. The molecule has 4 rings (SSSR count). The van der Waals surface area contributed by atoms with E-state index >= 15 is 0 Å². The molecule has 2 aliphatic heterocycles. The van der Waals surface area contributed by atoms with Crippen LogP contribution >= 0.6 is 22.6 Å². The summed E-state index contributed by atoms with van der Waals surface area (Å²) in [4.78, 5) is 7.11. The zero-order chi connectivity index (χ0) is 15.3. The summed E-state index contributed by atoms with van der Waals surface area (Å²) in [6.45, 7) is 1.90. The van der Waals surface area contributed by atoms with Crippen molar-refractivity contribution in [3.05, 3.63) is 45.1 Å². The predicted octanol–water partition coefficient (Wildman–Crippen LogP) is 3.72. The summed E-state index contributed by atoms with van der Waals surface area (Å²) in [5.74, 6) is 2.34. The highest BCUT2D eigenvalue weighted by Gasteiger charge is 2.48. The van der Waals surface area contributed by atoms with E-state index in [0.29, 0.717) is 23.9 Å². The number of nitrogens with zero attached hydrogens (tertiary/aromatic N) is 3. The number of halogens is 1. The summed E-state index contributed by atoms with van der Waals surface area (Å²) < 4.78 is 6.87. The minimum atomic E-state index is 0.310. The van der Waals surface area contributed by atoms with Gasteiger partial charge in [-0.3, -0.25) is 4.90 Å². The van der Waals surface area contributed by atoms with E-state index in [9.17, 15) is 0 Å². The third-order valence-corrected chi connectivity index (χ3v) is 6.11. The first kappa shape index (κ1) is 14.6. The molecule has 116 valence electrons. The van der Waals surface area contributed by atoms with Crippen LogP contribution in [0.1, 0.15) is 48.4 Å². The van der Waals surface area contributed by atoms with Gasteiger partial charge in [-0.1, -0.05) is 17.3 Å². The Kier molecular flexibility index (Phi) is 3.72. The van der Waals surface area contributed by atoms with E-state index in [1.807, 2.05) is 6.92 Å². The molecule has 5 heteroatoms. The Morgan fingerprint density at radius 3 is 2.68 bits per heavy atom. The summed E-state index contributed by atoms with van der Waals surface area (Å²) in [5.41, 5.74) is 1.41. The largest absolute Gasteiger partial charge is 0.339 e. The van der Waals surface area contributed by atoms with Gasteiger partial charge in [-0.2, -0.15) is 4.98 Å². The van der Waals surface area contributed by atoms with Gasteiger partial charge in [0.05, 0.1) is 5.92 Å². The van der Waals surface area contributed by atoms with Crippen molar-refractivity contribution in [3.63, 3.8) is 0 Å². The maximum absolute atomic E-state index is 5.59. The third kappa shape index (κ3) is 2.38. The van der Waals surface area contributed by atoms with E-state index in [1.165, 1.54) is 28.4 Å². The van der Waals surface area contributed by atoms with Crippen LogP contribution < -0.4 is 0 Å². The van der Waals surface area contributed by atoms with Gasteiger partial charge in [0.1, 0.15) is 0 Å². The number of benzene rings is 1. The highest BCUT2D eigenvalue weighted by atomic mass is 127. The van der Waals surface area contributed by atoms with Crippen LogP contribution in [0.25, 0.3) is 0 Å². The Morgan fingerprint density at radius 1 is 1.23 bits per heavy atom. The van der Waals surface area contributed by atoms with Crippen LogP contribution in [0.3, 0.4) is 0 Å². The van der Waals surface area contributed by atoms with Crippen molar-refractivity contribution in [2.75, 3.05) is 7.05 Å². The van der Waals surface area contributed by atoms with E-state index in [2.05, 4.69) is 68.9 Å². The lowest BCUT2D eigenvalue weighted by Crippen LogP contribution is -2.44. The normalized spacial score (nSPS) is 31.6. The number of fused-ring (bicyclic) bond motifs is 2. The Labute approximate surface area is 144 Å². The Balaban J connectivity index is 1.76. The molecule has 0 unspecified atom stereocenters. The summed E-state index contributed by atoms with van der Waals surface area (Å²) in [6, 6.07) is 10.1. The van der Waals surface area contributed by atoms with Crippen molar-refractivity contribution < 1.29 is 4.52 Å². The number of aromatic nitrogens is 2. The van der Waals surface area contributed by atoms with Crippen molar-refractivity contribution in [2.24, 2.45) is 0 Å². The van der Waals surface area contributed by atoms with E-state index in [-0.39, 0.29) is 0 Å². The maximum Gasteiger partial charge on any atom is 0.231 e. The molecule has 0 saturated carbocycles. The van der Waals surface area contributed by atoms with Crippen molar-refractivity contribution in [2.45, 2.75) is 50.1 Å². The molecule has 1 aromatic carbocycles. The van der Waals surface area contributed by atoms with E-state index in [4.69, 9.17) is 4.52 Å². The van der Waals surface area contributed by atoms with Crippen molar-refractivity contribution in [1.29, 1.82) is 0 Å². The lowest BCUT2D eigenvalue weighted by atomic mass is 9.76. The Hall–Kier alpha value is -0.950. The van der Waals surface area contributed by atoms with Crippen molar-refractivity contribution in [3.8, 4) is 0 Å². The van der Waals surface area contributed by atoms with Gasteiger partial charge in [0, 0.05) is 15.7 Å². The quantitative estimate of drug-likeness (QED) is 0.710. The molecule has 0 spiro atoms. The predicted molar refractivity (Wildman–Crippen MR) is 92.9 cm³/mol. The number of hydrogen-bond acceptors (Lipinski definition) is 4. The SMILES string of the molecule is Cc1noc([C@@H]2[C@@H](c3ccc(I)cc3)C[C@@H]3CC[C@H]2N3C)n1. The zero-order valence-electron chi connectivity index (χ0n) is 12.9. The smallest absolute Gasteiger partial charge is 0.231 e. The first-order chi connectivity index (χ1) is 10.6. The third-order valence-electron chi connectivity index (χ3n) is 5.40. The van der Waals surface area contributed by atoms with E-state index in [1.54, 1.807) is 0 Å². The molecule has 0 amide bonds. The number of rotatable bonds is 2. The van der Waals surface area contributed by atoms with Crippen molar-refractivity contribution in [1.82, 2.24) is 15.0 Å². The second kappa shape index (κ2) is 5.60. The van der Waals surface area contributed by atoms with Crippen LogP contribution in [0.5, 0.6) is 0 Å². The highest BCUT2D eigenvalue weighted by molar-refractivity contribution is 14.1. The number of piperidine rings is 1. The molecular weight excluding hydrogens is 389 g/mol. The van der Waals surface area contributed by atoms with Crippen LogP contribution in [0.4, 0.5) is 0 Å². The number of hydrogen-bond donors (Lipinski definition) is 0. The van der Waals surface area contributed by atoms with Crippen molar-refractivity contribution >= 4 is 22.6 Å². The average molecular weight is 409 g/mol. The minimum Gasteiger partial charge on any atom is -0.339 e. The average Bonchev–Trinajstić information content (AvgIpc) is 3.02. The minimum absolute atomic E-state index is 0.310. The van der Waals surface area contributed by atoms with Gasteiger partial charge in [-0.25, -0.2) is 0 Å². The molecule has 3 heterocycles. The molecule has 0 aliphatic carbocycles. The first-order valence-corrected chi connectivity index (χ1v) is 8.99. The zero-order valence-corrected chi connectivity index (χ0v) is 15.0. The molecule has 2 bridgehead atoms. The van der Waals surface area contributed by atoms with Crippen LogP contribution in [0, 0.1) is 10.5 Å². The molecule has 2 aliphatic rings. The van der Waals surface area contributed by atoms with Gasteiger partial charge in [-0.15, -0.1) is 0 Å². The molecular formula is C17H20IN3O. The van der Waals surface area contributed by atoms with Gasteiger partial charge in [0.25, 0.3) is 0 Å². The summed E-state index contributed by atoms with van der Waals surface area (Å²) in [5, 5.41) is 4.04. The lowest BCUT2D eigenvalue weighted by molar-refractivity contribution is 0.120.